The predicted molar refractivity (Wildman–Crippen MR) is 339 cm³/mol. The fourth-order valence-electron chi connectivity index (χ4n) is 9.84. The van der Waals surface area contributed by atoms with E-state index in [-0.39, 0.29) is 31.1 Å². The SMILES string of the molecule is CC/C=C\C/C=C\C/C=C\C/C=C\CCCCCCCCCCCCCCCCCCCCCCC(=O)OCC(COC(=O)CCCCCCC/C=C\CCCCCC)OC(=O)CCCCCCC/C=C\CCCCCCC. The molecule has 0 aromatic rings. The van der Waals surface area contributed by atoms with Crippen LogP contribution in [0.1, 0.15) is 348 Å². The lowest BCUT2D eigenvalue weighted by molar-refractivity contribution is -0.167. The monoisotopic (exact) mass is 1090 g/mol. The summed E-state index contributed by atoms with van der Waals surface area (Å²) in [6, 6.07) is 0. The summed E-state index contributed by atoms with van der Waals surface area (Å²) < 4.78 is 16.9. The molecule has 0 fully saturated rings. The molecule has 0 amide bonds. The average Bonchev–Trinajstić information content (AvgIpc) is 3.44. The van der Waals surface area contributed by atoms with Crippen molar-refractivity contribution in [2.24, 2.45) is 0 Å². The molecule has 0 aromatic heterocycles. The van der Waals surface area contributed by atoms with Crippen LogP contribution in [0.2, 0.25) is 0 Å². The number of carbonyl (C=O) groups is 3. The molecule has 0 N–H and O–H groups in total. The lowest BCUT2D eigenvalue weighted by atomic mass is 10.0. The largest absolute Gasteiger partial charge is 0.462 e. The van der Waals surface area contributed by atoms with Crippen LogP contribution < -0.4 is 0 Å². The van der Waals surface area contributed by atoms with Gasteiger partial charge in [-0.2, -0.15) is 0 Å². The summed E-state index contributed by atoms with van der Waals surface area (Å²) in [7, 11) is 0. The molecular weight excluding hydrogens is 961 g/mol. The number of allylic oxidation sites excluding steroid dienone is 12. The second kappa shape index (κ2) is 66.4. The van der Waals surface area contributed by atoms with Crippen molar-refractivity contribution in [2.75, 3.05) is 13.2 Å². The van der Waals surface area contributed by atoms with Gasteiger partial charge >= 0.3 is 17.9 Å². The Labute approximate surface area is 484 Å². The lowest BCUT2D eigenvalue weighted by Gasteiger charge is -2.18. The summed E-state index contributed by atoms with van der Waals surface area (Å²) in [5, 5.41) is 0. The number of hydrogen-bond donors (Lipinski definition) is 0. The molecule has 1 atom stereocenters. The molecule has 0 aromatic carbocycles. The van der Waals surface area contributed by atoms with Crippen molar-refractivity contribution in [3.8, 4) is 0 Å². The molecule has 452 valence electrons. The van der Waals surface area contributed by atoms with Crippen molar-refractivity contribution in [3.63, 3.8) is 0 Å². The molecule has 0 aliphatic carbocycles. The van der Waals surface area contributed by atoms with Gasteiger partial charge in [0.15, 0.2) is 6.10 Å². The highest BCUT2D eigenvalue weighted by Gasteiger charge is 2.19. The molecule has 1 unspecified atom stereocenters. The van der Waals surface area contributed by atoms with Gasteiger partial charge < -0.3 is 14.2 Å². The Morgan fingerprint density at radius 2 is 0.500 bits per heavy atom. The second-order valence-electron chi connectivity index (χ2n) is 22.7. The van der Waals surface area contributed by atoms with Gasteiger partial charge in [-0.1, -0.05) is 293 Å². The molecule has 6 nitrogen and oxygen atoms in total. The highest BCUT2D eigenvalue weighted by Crippen LogP contribution is 2.17. The van der Waals surface area contributed by atoms with E-state index in [2.05, 4.69) is 93.7 Å². The third kappa shape index (κ3) is 63.7. The summed E-state index contributed by atoms with van der Waals surface area (Å²) in [5.74, 6) is -0.877. The summed E-state index contributed by atoms with van der Waals surface area (Å²) in [6.45, 7) is 6.53. The van der Waals surface area contributed by atoms with Crippen LogP contribution in [0, 0.1) is 0 Å². The molecule has 0 radical (unpaired) electrons. The Kier molecular flexibility index (Phi) is 63.7. The van der Waals surface area contributed by atoms with Gasteiger partial charge in [-0.3, -0.25) is 14.4 Å². The molecule has 6 heteroatoms. The number of unbranched alkanes of at least 4 members (excludes halogenated alkanes) is 39. The summed E-state index contributed by atoms with van der Waals surface area (Å²) in [6.07, 6.45) is 86.5. The summed E-state index contributed by atoms with van der Waals surface area (Å²) in [4.78, 5) is 38.3. The number of carbonyl (C=O) groups excluding carboxylic acids is 3. The van der Waals surface area contributed by atoms with Crippen LogP contribution in [-0.2, 0) is 28.6 Å². The van der Waals surface area contributed by atoms with Gasteiger partial charge in [0.05, 0.1) is 0 Å². The fourth-order valence-corrected chi connectivity index (χ4v) is 9.84. The Morgan fingerprint density at radius 1 is 0.269 bits per heavy atom. The molecule has 0 saturated heterocycles. The van der Waals surface area contributed by atoms with Crippen molar-refractivity contribution < 1.29 is 28.6 Å². The maximum atomic E-state index is 12.9. The first-order valence-corrected chi connectivity index (χ1v) is 33.9. The van der Waals surface area contributed by atoms with Gasteiger partial charge in [-0.25, -0.2) is 0 Å². The highest BCUT2D eigenvalue weighted by atomic mass is 16.6. The van der Waals surface area contributed by atoms with Crippen LogP contribution in [0.3, 0.4) is 0 Å². The third-order valence-corrected chi connectivity index (χ3v) is 14.9. The van der Waals surface area contributed by atoms with E-state index in [4.69, 9.17) is 14.2 Å². The molecule has 0 heterocycles. The number of rotatable bonds is 62. The highest BCUT2D eigenvalue weighted by molar-refractivity contribution is 5.71. The average molecular weight is 1090 g/mol. The smallest absolute Gasteiger partial charge is 0.306 e. The standard InChI is InChI=1S/C72H128O6/c1-4-7-10-13-16-19-22-25-27-28-29-30-31-32-33-34-35-36-37-38-39-40-41-42-43-44-45-48-50-53-56-59-62-65-71(74)77-68-69(67-76-70(73)64-61-58-55-52-49-46-24-21-18-15-12-9-6-3)78-72(75)66-63-60-57-54-51-47-26-23-20-17-14-11-8-5-2/h7,10,16,19,21,23-27,29-30,69H,4-6,8-9,11-15,17-18,20,22,28,31-68H2,1-3H3/b10-7-,19-16-,24-21-,26-23-,27-25-,30-29-. The van der Waals surface area contributed by atoms with Gasteiger partial charge in [0.25, 0.3) is 0 Å². The Balaban J connectivity index is 4.11. The number of esters is 3. The first kappa shape index (κ1) is 74.8. The molecule has 0 saturated carbocycles. The number of hydrogen-bond acceptors (Lipinski definition) is 6. The third-order valence-electron chi connectivity index (χ3n) is 14.9. The van der Waals surface area contributed by atoms with E-state index in [9.17, 15) is 14.4 Å². The van der Waals surface area contributed by atoms with Crippen molar-refractivity contribution in [1.82, 2.24) is 0 Å². The summed E-state index contributed by atoms with van der Waals surface area (Å²) in [5.41, 5.74) is 0. The van der Waals surface area contributed by atoms with E-state index in [0.29, 0.717) is 19.3 Å². The van der Waals surface area contributed by atoms with E-state index < -0.39 is 6.10 Å². The van der Waals surface area contributed by atoms with Crippen LogP contribution in [-0.4, -0.2) is 37.2 Å². The Bertz CT molecular complexity index is 1440. The van der Waals surface area contributed by atoms with E-state index in [1.54, 1.807) is 0 Å². The van der Waals surface area contributed by atoms with E-state index >= 15 is 0 Å². The Hall–Kier alpha value is -3.15. The minimum Gasteiger partial charge on any atom is -0.462 e. The van der Waals surface area contributed by atoms with Crippen LogP contribution in [0.25, 0.3) is 0 Å². The molecule has 0 aliphatic rings. The zero-order valence-electron chi connectivity index (χ0n) is 51.9. The quantitative estimate of drug-likeness (QED) is 0.0261. The normalized spacial score (nSPS) is 12.5. The molecule has 0 aliphatic heterocycles. The zero-order valence-corrected chi connectivity index (χ0v) is 51.9. The van der Waals surface area contributed by atoms with Crippen LogP contribution in [0.15, 0.2) is 72.9 Å². The Morgan fingerprint density at radius 3 is 0.808 bits per heavy atom. The van der Waals surface area contributed by atoms with Crippen LogP contribution in [0.5, 0.6) is 0 Å². The predicted octanol–water partition coefficient (Wildman–Crippen LogP) is 23.3. The van der Waals surface area contributed by atoms with Crippen LogP contribution >= 0.6 is 0 Å². The minimum atomic E-state index is -0.780. The van der Waals surface area contributed by atoms with E-state index in [0.717, 1.165) is 103 Å². The molecule has 78 heavy (non-hydrogen) atoms. The maximum Gasteiger partial charge on any atom is 0.306 e. The minimum absolute atomic E-state index is 0.0768. The fraction of sp³-hybridized carbons (Fsp3) is 0.792. The molecular formula is C72H128O6. The van der Waals surface area contributed by atoms with Gasteiger partial charge in [0.1, 0.15) is 13.2 Å². The van der Waals surface area contributed by atoms with E-state index in [1.807, 2.05) is 0 Å². The van der Waals surface area contributed by atoms with Gasteiger partial charge in [0.2, 0.25) is 0 Å². The van der Waals surface area contributed by atoms with Crippen molar-refractivity contribution in [2.45, 2.75) is 354 Å². The molecule has 0 rings (SSSR count). The number of ether oxygens (including phenoxy) is 3. The van der Waals surface area contributed by atoms with Crippen molar-refractivity contribution >= 4 is 17.9 Å². The first-order valence-electron chi connectivity index (χ1n) is 33.9. The van der Waals surface area contributed by atoms with Crippen molar-refractivity contribution in [1.29, 1.82) is 0 Å². The molecule has 0 bridgehead atoms. The van der Waals surface area contributed by atoms with Gasteiger partial charge in [-0.15, -0.1) is 0 Å². The lowest BCUT2D eigenvalue weighted by Crippen LogP contribution is -2.30. The van der Waals surface area contributed by atoms with E-state index in [1.165, 1.54) is 205 Å². The van der Waals surface area contributed by atoms with Gasteiger partial charge in [-0.05, 0) is 109 Å². The van der Waals surface area contributed by atoms with Gasteiger partial charge in [0, 0.05) is 19.3 Å². The first-order chi connectivity index (χ1) is 38.5. The zero-order chi connectivity index (χ0) is 56.4. The maximum absolute atomic E-state index is 12.9. The summed E-state index contributed by atoms with van der Waals surface area (Å²) >= 11 is 0. The van der Waals surface area contributed by atoms with Crippen LogP contribution in [0.4, 0.5) is 0 Å². The molecule has 0 spiro atoms. The second-order valence-corrected chi connectivity index (χ2v) is 22.7. The topological polar surface area (TPSA) is 78.9 Å². The van der Waals surface area contributed by atoms with Crippen molar-refractivity contribution in [3.05, 3.63) is 72.9 Å².